The van der Waals surface area contributed by atoms with Crippen molar-refractivity contribution in [3.63, 3.8) is 0 Å². The molecule has 1 aliphatic rings. The second-order valence-corrected chi connectivity index (χ2v) is 3.78. The van der Waals surface area contributed by atoms with Crippen molar-refractivity contribution in [3.05, 3.63) is 18.0 Å². The van der Waals surface area contributed by atoms with Crippen LogP contribution in [0.1, 0.15) is 37.3 Å². The molecule has 1 aliphatic carbocycles. The zero-order valence-electron chi connectivity index (χ0n) is 7.93. The highest BCUT2D eigenvalue weighted by Gasteiger charge is 2.21. The summed E-state index contributed by atoms with van der Waals surface area (Å²) in [6.07, 6.45) is 6.81. The smallest absolute Gasteiger partial charge is 0.102 e. The van der Waals surface area contributed by atoms with Crippen molar-refractivity contribution in [2.24, 2.45) is 0 Å². The fraction of sp³-hybridized carbons (Fsp3) is 0.600. The molecule has 4 nitrogen and oxygen atoms in total. The summed E-state index contributed by atoms with van der Waals surface area (Å²) in [5.74, 6) is 0. The second-order valence-electron chi connectivity index (χ2n) is 3.78. The highest BCUT2D eigenvalue weighted by molar-refractivity contribution is 5.21. The maximum absolute atomic E-state index is 9.34. The van der Waals surface area contributed by atoms with E-state index in [4.69, 9.17) is 5.26 Å². The van der Waals surface area contributed by atoms with E-state index < -0.39 is 0 Å². The number of hydrogen-bond donors (Lipinski definition) is 1. The SMILES string of the molecule is N#Cc1cnn(C2CCC(O)CC2)c1. The molecule has 1 N–H and O–H groups in total. The Morgan fingerprint density at radius 3 is 2.71 bits per heavy atom. The third-order valence-corrected chi connectivity index (χ3v) is 2.77. The predicted octanol–water partition coefficient (Wildman–Crippen LogP) is 1.23. The first-order valence-electron chi connectivity index (χ1n) is 4.92. The average Bonchev–Trinajstić information content (AvgIpc) is 2.67. The Labute approximate surface area is 82.8 Å². The molecule has 1 heterocycles. The van der Waals surface area contributed by atoms with Crippen molar-refractivity contribution in [3.8, 4) is 6.07 Å². The Morgan fingerprint density at radius 1 is 1.43 bits per heavy atom. The minimum atomic E-state index is -0.141. The van der Waals surface area contributed by atoms with Crippen LogP contribution in [-0.2, 0) is 0 Å². The number of aliphatic hydroxyl groups excluding tert-OH is 1. The van der Waals surface area contributed by atoms with Crippen LogP contribution in [0.15, 0.2) is 12.4 Å². The zero-order valence-corrected chi connectivity index (χ0v) is 7.93. The van der Waals surface area contributed by atoms with Crippen LogP contribution in [-0.4, -0.2) is 21.0 Å². The molecule has 0 amide bonds. The molecule has 14 heavy (non-hydrogen) atoms. The Morgan fingerprint density at radius 2 is 2.14 bits per heavy atom. The Bertz CT molecular complexity index is 344. The van der Waals surface area contributed by atoms with E-state index >= 15 is 0 Å². The number of nitrogens with zero attached hydrogens (tertiary/aromatic N) is 3. The molecular formula is C10H13N3O. The molecule has 2 rings (SSSR count). The van der Waals surface area contributed by atoms with Gasteiger partial charge in [0.15, 0.2) is 0 Å². The van der Waals surface area contributed by atoms with Gasteiger partial charge < -0.3 is 5.11 Å². The van der Waals surface area contributed by atoms with E-state index in [-0.39, 0.29) is 6.10 Å². The van der Waals surface area contributed by atoms with Crippen LogP contribution in [0, 0.1) is 11.3 Å². The minimum absolute atomic E-state index is 0.141. The summed E-state index contributed by atoms with van der Waals surface area (Å²) in [6.45, 7) is 0. The third-order valence-electron chi connectivity index (χ3n) is 2.77. The number of rotatable bonds is 1. The molecule has 74 valence electrons. The summed E-state index contributed by atoms with van der Waals surface area (Å²) in [5.41, 5.74) is 0.608. The highest BCUT2D eigenvalue weighted by Crippen LogP contribution is 2.27. The number of aromatic nitrogens is 2. The molecular weight excluding hydrogens is 178 g/mol. The van der Waals surface area contributed by atoms with Crippen molar-refractivity contribution in [1.29, 1.82) is 5.26 Å². The van der Waals surface area contributed by atoms with Gasteiger partial charge in [-0.25, -0.2) is 0 Å². The van der Waals surface area contributed by atoms with Crippen LogP contribution in [0.4, 0.5) is 0 Å². The fourth-order valence-electron chi connectivity index (χ4n) is 1.92. The van der Waals surface area contributed by atoms with Crippen molar-refractivity contribution in [2.45, 2.75) is 37.8 Å². The fourth-order valence-corrected chi connectivity index (χ4v) is 1.92. The van der Waals surface area contributed by atoms with E-state index in [9.17, 15) is 5.11 Å². The van der Waals surface area contributed by atoms with Gasteiger partial charge >= 0.3 is 0 Å². The molecule has 1 fully saturated rings. The van der Waals surface area contributed by atoms with E-state index in [2.05, 4.69) is 11.2 Å². The average molecular weight is 191 g/mol. The molecule has 1 aromatic heterocycles. The van der Waals surface area contributed by atoms with Crippen LogP contribution < -0.4 is 0 Å². The maximum atomic E-state index is 9.34. The largest absolute Gasteiger partial charge is 0.393 e. The van der Waals surface area contributed by atoms with Gasteiger partial charge in [0.2, 0.25) is 0 Å². The Balaban J connectivity index is 2.05. The first-order chi connectivity index (χ1) is 6.79. The van der Waals surface area contributed by atoms with Gasteiger partial charge in [-0.3, -0.25) is 4.68 Å². The molecule has 0 atom stereocenters. The lowest BCUT2D eigenvalue weighted by Gasteiger charge is -2.25. The minimum Gasteiger partial charge on any atom is -0.393 e. The monoisotopic (exact) mass is 191 g/mol. The topological polar surface area (TPSA) is 61.8 Å². The van der Waals surface area contributed by atoms with Crippen LogP contribution in [0.5, 0.6) is 0 Å². The Kier molecular flexibility index (Phi) is 2.51. The van der Waals surface area contributed by atoms with Crippen LogP contribution in [0.2, 0.25) is 0 Å². The first-order valence-corrected chi connectivity index (χ1v) is 4.92. The molecule has 0 unspecified atom stereocenters. The summed E-state index contributed by atoms with van der Waals surface area (Å²) >= 11 is 0. The molecule has 0 radical (unpaired) electrons. The van der Waals surface area contributed by atoms with E-state index in [1.807, 2.05) is 4.68 Å². The lowest BCUT2D eigenvalue weighted by atomic mass is 9.93. The predicted molar refractivity (Wildman–Crippen MR) is 50.5 cm³/mol. The van der Waals surface area contributed by atoms with Gasteiger partial charge in [-0.1, -0.05) is 0 Å². The summed E-state index contributed by atoms with van der Waals surface area (Å²) in [4.78, 5) is 0. The summed E-state index contributed by atoms with van der Waals surface area (Å²) in [7, 11) is 0. The third kappa shape index (κ3) is 1.78. The molecule has 0 bridgehead atoms. The molecule has 1 aromatic rings. The van der Waals surface area contributed by atoms with Gasteiger partial charge in [0.1, 0.15) is 6.07 Å². The van der Waals surface area contributed by atoms with Gasteiger partial charge in [0, 0.05) is 6.20 Å². The van der Waals surface area contributed by atoms with Crippen molar-refractivity contribution >= 4 is 0 Å². The second kappa shape index (κ2) is 3.81. The van der Waals surface area contributed by atoms with Crippen LogP contribution in [0.3, 0.4) is 0 Å². The van der Waals surface area contributed by atoms with Crippen molar-refractivity contribution < 1.29 is 5.11 Å². The normalized spacial score (nSPS) is 27.1. The van der Waals surface area contributed by atoms with Gasteiger partial charge in [0.05, 0.1) is 23.9 Å². The molecule has 0 saturated heterocycles. The zero-order chi connectivity index (χ0) is 9.97. The summed E-state index contributed by atoms with van der Waals surface area (Å²) < 4.78 is 1.85. The lowest BCUT2D eigenvalue weighted by Crippen LogP contribution is -2.21. The molecule has 0 aliphatic heterocycles. The number of aliphatic hydroxyl groups is 1. The number of hydrogen-bond acceptors (Lipinski definition) is 3. The molecule has 0 aromatic carbocycles. The number of nitriles is 1. The van der Waals surface area contributed by atoms with Crippen LogP contribution in [0.25, 0.3) is 0 Å². The summed E-state index contributed by atoms with van der Waals surface area (Å²) in [5, 5.41) is 22.1. The molecule has 1 saturated carbocycles. The summed E-state index contributed by atoms with van der Waals surface area (Å²) in [6, 6.07) is 2.42. The Hall–Kier alpha value is -1.34. The van der Waals surface area contributed by atoms with Gasteiger partial charge in [-0.05, 0) is 25.7 Å². The lowest BCUT2D eigenvalue weighted by molar-refractivity contribution is 0.108. The van der Waals surface area contributed by atoms with Crippen molar-refractivity contribution in [1.82, 2.24) is 9.78 Å². The molecule has 0 spiro atoms. The van der Waals surface area contributed by atoms with Gasteiger partial charge in [-0.15, -0.1) is 0 Å². The van der Waals surface area contributed by atoms with E-state index in [0.717, 1.165) is 25.7 Å². The molecule has 4 heteroatoms. The van der Waals surface area contributed by atoms with Gasteiger partial charge in [0.25, 0.3) is 0 Å². The van der Waals surface area contributed by atoms with Gasteiger partial charge in [-0.2, -0.15) is 10.4 Å². The van der Waals surface area contributed by atoms with Crippen LogP contribution >= 0.6 is 0 Å². The van der Waals surface area contributed by atoms with E-state index in [1.165, 1.54) is 0 Å². The standard InChI is InChI=1S/C10H13N3O/c11-5-8-6-12-13(7-8)9-1-3-10(14)4-2-9/h6-7,9-10,14H,1-4H2. The van der Waals surface area contributed by atoms with Crippen molar-refractivity contribution in [2.75, 3.05) is 0 Å². The quantitative estimate of drug-likeness (QED) is 0.726. The van der Waals surface area contributed by atoms with E-state index in [1.54, 1.807) is 12.4 Å². The van der Waals surface area contributed by atoms with E-state index in [0.29, 0.717) is 11.6 Å². The maximum Gasteiger partial charge on any atom is 0.102 e. The highest BCUT2D eigenvalue weighted by atomic mass is 16.3. The first kappa shape index (κ1) is 9.22.